The normalized spacial score (nSPS) is 11.3. The molecule has 3 aromatic carbocycles. The van der Waals surface area contributed by atoms with Crippen LogP contribution < -0.4 is 4.31 Å². The molecule has 0 amide bonds. The number of rotatable bonds is 5. The molecular weight excluding hydrogens is 373 g/mol. The molecule has 0 radical (unpaired) electrons. The zero-order valence-electron chi connectivity index (χ0n) is 14.1. The summed E-state index contributed by atoms with van der Waals surface area (Å²) in [5, 5.41) is 0.563. The van der Waals surface area contributed by atoms with E-state index in [4.69, 9.17) is 11.6 Å². The van der Waals surface area contributed by atoms with Crippen LogP contribution in [-0.4, -0.2) is 8.42 Å². The van der Waals surface area contributed by atoms with E-state index in [9.17, 15) is 12.8 Å². The Kier molecular flexibility index (Phi) is 5.30. The fourth-order valence-corrected chi connectivity index (χ4v) is 4.47. The predicted octanol–water partition coefficient (Wildman–Crippen LogP) is 5.18. The summed E-state index contributed by atoms with van der Waals surface area (Å²) in [5.41, 5.74) is 1.64. The van der Waals surface area contributed by atoms with Crippen LogP contribution >= 0.6 is 11.6 Å². The molecule has 0 aliphatic rings. The molecule has 0 aliphatic carbocycles. The molecule has 3 aromatic rings. The van der Waals surface area contributed by atoms with E-state index in [1.54, 1.807) is 61.5 Å². The van der Waals surface area contributed by atoms with Crippen molar-refractivity contribution >= 4 is 27.3 Å². The molecule has 0 N–H and O–H groups in total. The minimum atomic E-state index is -3.88. The molecule has 0 spiro atoms. The summed E-state index contributed by atoms with van der Waals surface area (Å²) in [5.74, 6) is -0.497. The summed E-state index contributed by atoms with van der Waals surface area (Å²) >= 11 is 5.91. The molecule has 6 heteroatoms. The molecule has 0 aliphatic heterocycles. The van der Waals surface area contributed by atoms with Gasteiger partial charge >= 0.3 is 0 Å². The smallest absolute Gasteiger partial charge is 0.262 e. The Morgan fingerprint density at radius 1 is 0.962 bits per heavy atom. The van der Waals surface area contributed by atoms with Crippen LogP contribution in [0.15, 0.2) is 77.7 Å². The Hall–Kier alpha value is -2.37. The van der Waals surface area contributed by atoms with Crippen molar-refractivity contribution in [3.05, 3.63) is 94.8 Å². The van der Waals surface area contributed by atoms with Gasteiger partial charge in [-0.1, -0.05) is 48.0 Å². The highest BCUT2D eigenvalue weighted by Gasteiger charge is 2.26. The van der Waals surface area contributed by atoms with Crippen molar-refractivity contribution < 1.29 is 12.8 Å². The first-order valence-corrected chi connectivity index (χ1v) is 9.78. The van der Waals surface area contributed by atoms with Crippen LogP contribution in [-0.2, 0) is 16.6 Å². The van der Waals surface area contributed by atoms with E-state index in [0.717, 1.165) is 5.56 Å². The van der Waals surface area contributed by atoms with E-state index < -0.39 is 15.8 Å². The Morgan fingerprint density at radius 2 is 1.65 bits per heavy atom. The molecule has 0 atom stereocenters. The van der Waals surface area contributed by atoms with Gasteiger partial charge in [0.25, 0.3) is 10.0 Å². The Balaban J connectivity index is 2.11. The summed E-state index contributed by atoms with van der Waals surface area (Å²) in [6.07, 6.45) is 0. The first-order chi connectivity index (χ1) is 12.4. The van der Waals surface area contributed by atoms with Crippen LogP contribution in [0.3, 0.4) is 0 Å². The minimum Gasteiger partial charge on any atom is -0.262 e. The molecule has 3 nitrogen and oxygen atoms in total. The molecule has 3 rings (SSSR count). The number of anilines is 1. The average molecular weight is 390 g/mol. The van der Waals surface area contributed by atoms with Crippen LogP contribution in [0.2, 0.25) is 5.02 Å². The van der Waals surface area contributed by atoms with E-state index in [0.29, 0.717) is 10.6 Å². The lowest BCUT2D eigenvalue weighted by molar-refractivity contribution is 0.589. The molecule has 0 aromatic heterocycles. The van der Waals surface area contributed by atoms with Gasteiger partial charge in [0.05, 0.1) is 17.1 Å². The molecule has 0 bridgehead atoms. The lowest BCUT2D eigenvalue weighted by atomic mass is 10.2. The maximum Gasteiger partial charge on any atom is 0.264 e. The predicted molar refractivity (Wildman–Crippen MR) is 102 cm³/mol. The van der Waals surface area contributed by atoms with Gasteiger partial charge in [-0.25, -0.2) is 12.8 Å². The quantitative estimate of drug-likeness (QED) is 0.602. The molecule has 0 unspecified atom stereocenters. The molecular formula is C20H17ClFNO2S. The largest absolute Gasteiger partial charge is 0.264 e. The second kappa shape index (κ2) is 7.48. The number of aryl methyl sites for hydroxylation is 1. The Labute approximate surface area is 157 Å². The maximum absolute atomic E-state index is 13.8. The second-order valence-corrected chi connectivity index (χ2v) is 8.15. The minimum absolute atomic E-state index is 0.0668. The number of hydrogen-bond acceptors (Lipinski definition) is 2. The first-order valence-electron chi connectivity index (χ1n) is 7.96. The van der Waals surface area contributed by atoms with Crippen LogP contribution in [0.1, 0.15) is 11.1 Å². The van der Waals surface area contributed by atoms with Gasteiger partial charge in [0.15, 0.2) is 0 Å². The number of benzene rings is 3. The van der Waals surface area contributed by atoms with Crippen molar-refractivity contribution in [3.8, 4) is 0 Å². The zero-order valence-corrected chi connectivity index (χ0v) is 15.6. The molecule has 0 heterocycles. The maximum atomic E-state index is 13.8. The summed E-state index contributed by atoms with van der Waals surface area (Å²) in [4.78, 5) is 0.193. The van der Waals surface area contributed by atoms with Gasteiger partial charge in [0, 0.05) is 5.02 Å². The lowest BCUT2D eigenvalue weighted by Crippen LogP contribution is -2.31. The highest BCUT2D eigenvalue weighted by atomic mass is 35.5. The fraction of sp³-hybridized carbons (Fsp3) is 0.100. The van der Waals surface area contributed by atoms with Crippen molar-refractivity contribution in [1.29, 1.82) is 0 Å². The third kappa shape index (κ3) is 3.89. The van der Waals surface area contributed by atoms with Gasteiger partial charge in [0.2, 0.25) is 0 Å². The van der Waals surface area contributed by atoms with Gasteiger partial charge in [-0.15, -0.1) is 0 Å². The van der Waals surface area contributed by atoms with Crippen molar-refractivity contribution in [2.75, 3.05) is 4.31 Å². The highest BCUT2D eigenvalue weighted by molar-refractivity contribution is 7.92. The number of nitrogens with zero attached hydrogens (tertiary/aromatic N) is 1. The number of halogens is 2. The standard InChI is InChI=1S/C20H17ClFNO2S/c1-15-5-2-3-8-20(15)26(24,25)23(19-7-4-6-18(22)13-19)14-16-9-11-17(21)12-10-16/h2-13H,14H2,1H3. The summed E-state index contributed by atoms with van der Waals surface area (Å²) < 4.78 is 41.6. The SMILES string of the molecule is Cc1ccccc1S(=O)(=O)N(Cc1ccc(Cl)cc1)c1cccc(F)c1. The zero-order chi connectivity index (χ0) is 18.7. The third-order valence-electron chi connectivity index (χ3n) is 4.00. The first kappa shape index (κ1) is 18.4. The Morgan fingerprint density at radius 3 is 2.31 bits per heavy atom. The van der Waals surface area contributed by atoms with Crippen molar-refractivity contribution in [2.45, 2.75) is 18.4 Å². The van der Waals surface area contributed by atoms with Gasteiger partial charge in [-0.05, 0) is 54.4 Å². The molecule has 0 fully saturated rings. The van der Waals surface area contributed by atoms with Gasteiger partial charge in [-0.2, -0.15) is 0 Å². The monoisotopic (exact) mass is 389 g/mol. The number of hydrogen-bond donors (Lipinski definition) is 0. The number of sulfonamides is 1. The summed E-state index contributed by atoms with van der Waals surface area (Å²) in [6.45, 7) is 1.80. The molecule has 26 heavy (non-hydrogen) atoms. The summed E-state index contributed by atoms with van der Waals surface area (Å²) in [7, 11) is -3.88. The second-order valence-electron chi connectivity index (χ2n) is 5.88. The van der Waals surface area contributed by atoms with E-state index >= 15 is 0 Å². The third-order valence-corrected chi connectivity index (χ3v) is 6.18. The van der Waals surface area contributed by atoms with E-state index in [1.807, 2.05) is 0 Å². The lowest BCUT2D eigenvalue weighted by Gasteiger charge is -2.25. The molecule has 134 valence electrons. The van der Waals surface area contributed by atoms with Gasteiger partial charge in [0.1, 0.15) is 5.82 Å². The van der Waals surface area contributed by atoms with Crippen molar-refractivity contribution in [1.82, 2.24) is 0 Å². The van der Waals surface area contributed by atoms with Crippen LogP contribution in [0.4, 0.5) is 10.1 Å². The van der Waals surface area contributed by atoms with Gasteiger partial charge < -0.3 is 0 Å². The van der Waals surface area contributed by atoms with Crippen LogP contribution in [0.25, 0.3) is 0 Å². The summed E-state index contributed by atoms with van der Waals surface area (Å²) in [6, 6.07) is 19.2. The molecule has 0 saturated carbocycles. The average Bonchev–Trinajstić information content (AvgIpc) is 2.61. The highest BCUT2D eigenvalue weighted by Crippen LogP contribution is 2.28. The van der Waals surface area contributed by atoms with E-state index in [-0.39, 0.29) is 17.1 Å². The van der Waals surface area contributed by atoms with Crippen molar-refractivity contribution in [3.63, 3.8) is 0 Å². The molecule has 0 saturated heterocycles. The van der Waals surface area contributed by atoms with Crippen LogP contribution in [0.5, 0.6) is 0 Å². The van der Waals surface area contributed by atoms with Gasteiger partial charge in [-0.3, -0.25) is 4.31 Å². The topological polar surface area (TPSA) is 37.4 Å². The van der Waals surface area contributed by atoms with E-state index in [1.165, 1.54) is 22.5 Å². The van der Waals surface area contributed by atoms with E-state index in [2.05, 4.69) is 0 Å². The fourth-order valence-electron chi connectivity index (χ4n) is 2.67. The van der Waals surface area contributed by atoms with Crippen molar-refractivity contribution in [2.24, 2.45) is 0 Å². The van der Waals surface area contributed by atoms with Crippen LogP contribution in [0, 0.1) is 12.7 Å². The Bertz CT molecular complexity index is 1020.